The van der Waals surface area contributed by atoms with E-state index in [-0.39, 0.29) is 24.0 Å². The Morgan fingerprint density at radius 1 is 1.45 bits per heavy atom. The van der Waals surface area contributed by atoms with Crippen molar-refractivity contribution in [3.05, 3.63) is 23.0 Å². The normalized spacial score (nSPS) is 20.1. The van der Waals surface area contributed by atoms with Crippen molar-refractivity contribution in [2.45, 2.75) is 46.7 Å². The number of aromatic nitrogens is 1. The molecule has 2 N–H and O–H groups in total. The molecule has 1 aromatic heterocycles. The number of ether oxygens (including phenoxy) is 1. The number of pyridine rings is 1. The summed E-state index contributed by atoms with van der Waals surface area (Å²) >= 11 is 0. The third kappa shape index (κ3) is 4.72. The van der Waals surface area contributed by atoms with Gasteiger partial charge in [-0.25, -0.2) is 4.99 Å². The molecule has 2 atom stereocenters. The van der Waals surface area contributed by atoms with Crippen LogP contribution in [0.25, 0.3) is 0 Å². The van der Waals surface area contributed by atoms with Gasteiger partial charge in [0, 0.05) is 29.9 Å². The molecular formula is C16H27IN4O. The van der Waals surface area contributed by atoms with Crippen LogP contribution in [-0.4, -0.2) is 30.6 Å². The van der Waals surface area contributed by atoms with Crippen molar-refractivity contribution in [3.63, 3.8) is 0 Å². The number of hydrogen-bond acceptors (Lipinski definition) is 3. The van der Waals surface area contributed by atoms with Crippen LogP contribution in [0.5, 0.6) is 5.75 Å². The summed E-state index contributed by atoms with van der Waals surface area (Å²) in [6, 6.07) is 0.560. The quantitative estimate of drug-likeness (QED) is 0.439. The molecule has 2 rings (SSSR count). The highest BCUT2D eigenvalue weighted by Crippen LogP contribution is 2.29. The second kappa shape index (κ2) is 8.55. The average molecular weight is 418 g/mol. The van der Waals surface area contributed by atoms with E-state index in [4.69, 9.17) is 4.74 Å². The van der Waals surface area contributed by atoms with Gasteiger partial charge in [0.25, 0.3) is 0 Å². The fourth-order valence-electron chi connectivity index (χ4n) is 2.40. The molecular weight excluding hydrogens is 391 g/mol. The molecule has 6 heteroatoms. The Morgan fingerprint density at radius 2 is 2.14 bits per heavy atom. The van der Waals surface area contributed by atoms with Gasteiger partial charge in [-0.1, -0.05) is 6.92 Å². The lowest BCUT2D eigenvalue weighted by Gasteiger charge is -2.13. The topological polar surface area (TPSA) is 58.5 Å². The minimum absolute atomic E-state index is 0. The minimum atomic E-state index is 0. The molecule has 5 nitrogen and oxygen atoms in total. The van der Waals surface area contributed by atoms with Crippen LogP contribution in [0.4, 0.5) is 0 Å². The largest absolute Gasteiger partial charge is 0.496 e. The molecule has 0 radical (unpaired) electrons. The van der Waals surface area contributed by atoms with Crippen LogP contribution in [0.3, 0.4) is 0 Å². The number of methoxy groups -OCH3 is 1. The maximum atomic E-state index is 5.44. The van der Waals surface area contributed by atoms with E-state index < -0.39 is 0 Å². The van der Waals surface area contributed by atoms with Crippen molar-refractivity contribution in [3.8, 4) is 5.75 Å². The Labute approximate surface area is 150 Å². The van der Waals surface area contributed by atoms with Crippen LogP contribution in [0, 0.1) is 19.8 Å². The second-order valence-corrected chi connectivity index (χ2v) is 5.71. The van der Waals surface area contributed by atoms with Crippen LogP contribution in [0.15, 0.2) is 11.2 Å². The molecule has 0 bridgehead atoms. The predicted molar refractivity (Wildman–Crippen MR) is 101 cm³/mol. The molecule has 1 fully saturated rings. The van der Waals surface area contributed by atoms with Gasteiger partial charge in [0.05, 0.1) is 19.3 Å². The first-order valence-corrected chi connectivity index (χ1v) is 7.60. The van der Waals surface area contributed by atoms with Gasteiger partial charge in [-0.2, -0.15) is 0 Å². The summed E-state index contributed by atoms with van der Waals surface area (Å²) < 4.78 is 5.44. The monoisotopic (exact) mass is 418 g/mol. The van der Waals surface area contributed by atoms with E-state index >= 15 is 0 Å². The third-order valence-electron chi connectivity index (χ3n) is 3.91. The Kier molecular flexibility index (Phi) is 7.38. The minimum Gasteiger partial charge on any atom is -0.496 e. The van der Waals surface area contributed by atoms with Gasteiger partial charge in [0.15, 0.2) is 5.96 Å². The standard InChI is InChI=1S/C16H26N4O.HI/c1-6-17-16(20-13-7-10(13)2)19-9-14-12(4)15(21-5)11(3)8-18-14;/h8,10,13H,6-7,9H2,1-5H3,(H2,17,19,20);1H. The van der Waals surface area contributed by atoms with Gasteiger partial charge in [-0.15, -0.1) is 24.0 Å². The summed E-state index contributed by atoms with van der Waals surface area (Å²) in [4.78, 5) is 9.13. The maximum Gasteiger partial charge on any atom is 0.191 e. The van der Waals surface area contributed by atoms with E-state index in [1.807, 2.05) is 20.0 Å². The van der Waals surface area contributed by atoms with Gasteiger partial charge in [-0.3, -0.25) is 4.98 Å². The summed E-state index contributed by atoms with van der Waals surface area (Å²) in [5.74, 6) is 2.52. The number of aryl methyl sites for hydroxylation is 1. The lowest BCUT2D eigenvalue weighted by molar-refractivity contribution is 0.407. The smallest absolute Gasteiger partial charge is 0.191 e. The third-order valence-corrected chi connectivity index (χ3v) is 3.91. The van der Waals surface area contributed by atoms with Crippen molar-refractivity contribution >= 4 is 29.9 Å². The molecule has 2 unspecified atom stereocenters. The molecule has 22 heavy (non-hydrogen) atoms. The van der Waals surface area contributed by atoms with Crippen LogP contribution in [0.1, 0.15) is 37.1 Å². The number of hydrogen-bond donors (Lipinski definition) is 2. The van der Waals surface area contributed by atoms with E-state index in [9.17, 15) is 0 Å². The number of aliphatic imine (C=N–C) groups is 1. The molecule has 1 aliphatic carbocycles. The average Bonchev–Trinajstić information content (AvgIpc) is 3.14. The highest BCUT2D eigenvalue weighted by molar-refractivity contribution is 14.0. The summed E-state index contributed by atoms with van der Waals surface area (Å²) in [7, 11) is 1.70. The van der Waals surface area contributed by atoms with E-state index in [0.29, 0.717) is 12.6 Å². The molecule has 1 heterocycles. The Balaban J connectivity index is 0.00000242. The zero-order valence-electron chi connectivity index (χ0n) is 14.1. The number of guanidine groups is 1. The maximum absolute atomic E-state index is 5.44. The van der Waals surface area contributed by atoms with E-state index in [2.05, 4.69) is 34.5 Å². The van der Waals surface area contributed by atoms with Crippen molar-refractivity contribution in [1.29, 1.82) is 0 Å². The molecule has 0 aliphatic heterocycles. The SMILES string of the molecule is CCNC(=NCc1ncc(C)c(OC)c1C)NC1CC1C.I. The summed E-state index contributed by atoms with van der Waals surface area (Å²) in [5, 5.41) is 6.74. The van der Waals surface area contributed by atoms with Crippen LogP contribution in [0.2, 0.25) is 0 Å². The number of halogens is 1. The van der Waals surface area contributed by atoms with E-state index in [0.717, 1.165) is 41.0 Å². The molecule has 124 valence electrons. The van der Waals surface area contributed by atoms with Gasteiger partial charge >= 0.3 is 0 Å². The lowest BCUT2D eigenvalue weighted by atomic mass is 10.1. The van der Waals surface area contributed by atoms with Gasteiger partial charge in [0.1, 0.15) is 5.75 Å². The van der Waals surface area contributed by atoms with Crippen molar-refractivity contribution in [1.82, 2.24) is 15.6 Å². The van der Waals surface area contributed by atoms with Gasteiger partial charge < -0.3 is 15.4 Å². The van der Waals surface area contributed by atoms with E-state index in [1.54, 1.807) is 7.11 Å². The molecule has 0 spiro atoms. The fraction of sp³-hybridized carbons (Fsp3) is 0.625. The van der Waals surface area contributed by atoms with Gasteiger partial charge in [0.2, 0.25) is 0 Å². The fourth-order valence-corrected chi connectivity index (χ4v) is 2.40. The number of nitrogens with one attached hydrogen (secondary N) is 2. The Morgan fingerprint density at radius 3 is 2.68 bits per heavy atom. The highest BCUT2D eigenvalue weighted by Gasteiger charge is 2.33. The van der Waals surface area contributed by atoms with Crippen molar-refractivity contribution in [2.24, 2.45) is 10.9 Å². The molecule has 1 aromatic rings. The number of nitrogens with zero attached hydrogens (tertiary/aromatic N) is 2. The van der Waals surface area contributed by atoms with Crippen LogP contribution in [-0.2, 0) is 6.54 Å². The molecule has 0 saturated heterocycles. The first-order valence-electron chi connectivity index (χ1n) is 7.60. The second-order valence-electron chi connectivity index (χ2n) is 5.71. The molecule has 1 aliphatic rings. The van der Waals surface area contributed by atoms with Crippen LogP contribution >= 0.6 is 24.0 Å². The van der Waals surface area contributed by atoms with Crippen molar-refractivity contribution < 1.29 is 4.74 Å². The summed E-state index contributed by atoms with van der Waals surface area (Å²) in [5.41, 5.74) is 3.08. The lowest BCUT2D eigenvalue weighted by Crippen LogP contribution is -2.39. The van der Waals surface area contributed by atoms with Crippen LogP contribution < -0.4 is 15.4 Å². The Bertz CT molecular complexity index is 533. The first kappa shape index (κ1) is 19.0. The summed E-state index contributed by atoms with van der Waals surface area (Å²) in [6.45, 7) is 9.78. The molecule has 1 saturated carbocycles. The number of rotatable bonds is 5. The highest BCUT2D eigenvalue weighted by atomic mass is 127. The molecule has 0 amide bonds. The zero-order valence-corrected chi connectivity index (χ0v) is 16.4. The molecule has 0 aromatic carbocycles. The zero-order chi connectivity index (χ0) is 15.4. The first-order chi connectivity index (χ1) is 10.1. The summed E-state index contributed by atoms with van der Waals surface area (Å²) in [6.07, 6.45) is 3.07. The predicted octanol–water partition coefficient (Wildman–Crippen LogP) is 2.79. The van der Waals surface area contributed by atoms with Crippen molar-refractivity contribution in [2.75, 3.05) is 13.7 Å². The van der Waals surface area contributed by atoms with Gasteiger partial charge in [-0.05, 0) is 33.1 Å². The van der Waals surface area contributed by atoms with E-state index in [1.165, 1.54) is 6.42 Å². The Hall–Kier alpha value is -1.05.